The SMILES string of the molecule is CCc1ccc(CO)cc1-c1ncccn1. The molecule has 2 aromatic rings. The van der Waals surface area contributed by atoms with Crippen molar-refractivity contribution in [2.24, 2.45) is 0 Å². The van der Waals surface area contributed by atoms with E-state index in [0.717, 1.165) is 23.4 Å². The monoisotopic (exact) mass is 214 g/mol. The highest BCUT2D eigenvalue weighted by atomic mass is 16.3. The average Bonchev–Trinajstić information content (AvgIpc) is 2.39. The molecule has 0 unspecified atom stereocenters. The number of hydrogen-bond donors (Lipinski definition) is 1. The van der Waals surface area contributed by atoms with Crippen molar-refractivity contribution in [2.75, 3.05) is 0 Å². The van der Waals surface area contributed by atoms with E-state index in [1.807, 2.05) is 18.2 Å². The molecule has 0 spiro atoms. The van der Waals surface area contributed by atoms with Crippen LogP contribution >= 0.6 is 0 Å². The molecule has 0 saturated carbocycles. The normalized spacial score (nSPS) is 10.4. The Kier molecular flexibility index (Phi) is 3.27. The van der Waals surface area contributed by atoms with Gasteiger partial charge >= 0.3 is 0 Å². The van der Waals surface area contributed by atoms with E-state index in [9.17, 15) is 0 Å². The highest BCUT2D eigenvalue weighted by Gasteiger charge is 2.06. The van der Waals surface area contributed by atoms with Crippen molar-refractivity contribution in [3.63, 3.8) is 0 Å². The first kappa shape index (κ1) is 10.8. The minimum absolute atomic E-state index is 0.0455. The van der Waals surface area contributed by atoms with Crippen molar-refractivity contribution >= 4 is 0 Å². The van der Waals surface area contributed by atoms with Gasteiger partial charge in [0.2, 0.25) is 0 Å². The molecule has 3 heteroatoms. The number of rotatable bonds is 3. The molecule has 0 amide bonds. The lowest BCUT2D eigenvalue weighted by Gasteiger charge is -2.08. The number of hydrogen-bond acceptors (Lipinski definition) is 3. The van der Waals surface area contributed by atoms with Gasteiger partial charge < -0.3 is 5.11 Å². The summed E-state index contributed by atoms with van der Waals surface area (Å²) in [5, 5.41) is 9.13. The fraction of sp³-hybridized carbons (Fsp3) is 0.231. The first-order chi connectivity index (χ1) is 7.85. The first-order valence-electron chi connectivity index (χ1n) is 5.35. The standard InChI is InChI=1S/C13H14N2O/c1-2-11-5-4-10(9-16)8-12(11)13-14-6-3-7-15-13/h3-8,16H,2,9H2,1H3. The predicted octanol–water partition coefficient (Wildman–Crippen LogP) is 2.20. The maximum atomic E-state index is 9.13. The second kappa shape index (κ2) is 4.86. The van der Waals surface area contributed by atoms with Gasteiger partial charge in [-0.05, 0) is 29.7 Å². The number of aryl methyl sites for hydroxylation is 1. The van der Waals surface area contributed by atoms with Crippen molar-refractivity contribution in [3.8, 4) is 11.4 Å². The van der Waals surface area contributed by atoms with E-state index in [1.165, 1.54) is 5.56 Å². The van der Waals surface area contributed by atoms with Crippen LogP contribution in [0, 0.1) is 0 Å². The molecule has 0 aliphatic carbocycles. The molecule has 16 heavy (non-hydrogen) atoms. The number of aromatic nitrogens is 2. The van der Waals surface area contributed by atoms with Crippen molar-refractivity contribution in [1.29, 1.82) is 0 Å². The van der Waals surface area contributed by atoms with Gasteiger partial charge in [-0.2, -0.15) is 0 Å². The summed E-state index contributed by atoms with van der Waals surface area (Å²) in [7, 11) is 0. The Bertz CT molecular complexity index is 469. The zero-order valence-corrected chi connectivity index (χ0v) is 9.22. The second-order valence-corrected chi connectivity index (χ2v) is 3.58. The fourth-order valence-electron chi connectivity index (χ4n) is 1.68. The van der Waals surface area contributed by atoms with Gasteiger partial charge in [-0.1, -0.05) is 19.1 Å². The molecule has 0 aliphatic rings. The van der Waals surface area contributed by atoms with Crippen LogP contribution in [0.25, 0.3) is 11.4 Å². The summed E-state index contributed by atoms with van der Waals surface area (Å²) in [6.45, 7) is 2.14. The Hall–Kier alpha value is -1.74. The molecule has 0 bridgehead atoms. The van der Waals surface area contributed by atoms with Gasteiger partial charge in [-0.25, -0.2) is 9.97 Å². The molecule has 0 radical (unpaired) electrons. The van der Waals surface area contributed by atoms with Gasteiger partial charge in [0, 0.05) is 18.0 Å². The highest BCUT2D eigenvalue weighted by molar-refractivity contribution is 5.61. The van der Waals surface area contributed by atoms with Crippen molar-refractivity contribution in [1.82, 2.24) is 9.97 Å². The number of aliphatic hydroxyl groups is 1. The number of benzene rings is 1. The summed E-state index contributed by atoms with van der Waals surface area (Å²) in [5.41, 5.74) is 3.10. The smallest absolute Gasteiger partial charge is 0.159 e. The largest absolute Gasteiger partial charge is 0.392 e. The fourth-order valence-corrected chi connectivity index (χ4v) is 1.68. The number of nitrogens with zero attached hydrogens (tertiary/aromatic N) is 2. The average molecular weight is 214 g/mol. The highest BCUT2D eigenvalue weighted by Crippen LogP contribution is 2.22. The summed E-state index contributed by atoms with van der Waals surface area (Å²) >= 11 is 0. The van der Waals surface area contributed by atoms with E-state index in [1.54, 1.807) is 18.5 Å². The van der Waals surface area contributed by atoms with Gasteiger partial charge in [0.25, 0.3) is 0 Å². The molecule has 1 heterocycles. The van der Waals surface area contributed by atoms with E-state index in [4.69, 9.17) is 5.11 Å². The number of aliphatic hydroxyl groups excluding tert-OH is 1. The van der Waals surface area contributed by atoms with E-state index in [2.05, 4.69) is 16.9 Å². The van der Waals surface area contributed by atoms with Crippen LogP contribution in [0.3, 0.4) is 0 Å². The van der Waals surface area contributed by atoms with Gasteiger partial charge in [0.15, 0.2) is 5.82 Å². The van der Waals surface area contributed by atoms with Crippen LogP contribution in [-0.2, 0) is 13.0 Å². The van der Waals surface area contributed by atoms with Crippen molar-refractivity contribution in [2.45, 2.75) is 20.0 Å². The molecule has 0 aliphatic heterocycles. The lowest BCUT2D eigenvalue weighted by Crippen LogP contribution is -1.95. The second-order valence-electron chi connectivity index (χ2n) is 3.58. The van der Waals surface area contributed by atoms with Crippen LogP contribution in [0.2, 0.25) is 0 Å². The molecule has 1 N–H and O–H groups in total. The van der Waals surface area contributed by atoms with Crippen molar-refractivity contribution < 1.29 is 5.11 Å². The van der Waals surface area contributed by atoms with Crippen LogP contribution in [0.1, 0.15) is 18.1 Å². The molecule has 3 nitrogen and oxygen atoms in total. The van der Waals surface area contributed by atoms with E-state index in [-0.39, 0.29) is 6.61 Å². The third-order valence-corrected chi connectivity index (χ3v) is 2.54. The first-order valence-corrected chi connectivity index (χ1v) is 5.35. The van der Waals surface area contributed by atoms with Crippen LogP contribution in [0.4, 0.5) is 0 Å². The topological polar surface area (TPSA) is 46.0 Å². The third-order valence-electron chi connectivity index (χ3n) is 2.54. The van der Waals surface area contributed by atoms with E-state index >= 15 is 0 Å². The Morgan fingerprint density at radius 2 is 1.94 bits per heavy atom. The molecular weight excluding hydrogens is 200 g/mol. The Morgan fingerprint density at radius 3 is 2.56 bits per heavy atom. The Labute approximate surface area is 94.8 Å². The third kappa shape index (κ3) is 2.09. The summed E-state index contributed by atoms with van der Waals surface area (Å²) in [6.07, 6.45) is 4.39. The zero-order chi connectivity index (χ0) is 11.4. The quantitative estimate of drug-likeness (QED) is 0.852. The van der Waals surface area contributed by atoms with Gasteiger partial charge in [-0.3, -0.25) is 0 Å². The van der Waals surface area contributed by atoms with Crippen molar-refractivity contribution in [3.05, 3.63) is 47.8 Å². The van der Waals surface area contributed by atoms with Gasteiger partial charge in [-0.15, -0.1) is 0 Å². The minimum Gasteiger partial charge on any atom is -0.392 e. The molecule has 82 valence electrons. The maximum absolute atomic E-state index is 9.13. The lowest BCUT2D eigenvalue weighted by molar-refractivity contribution is 0.282. The van der Waals surface area contributed by atoms with Gasteiger partial charge in [0.1, 0.15) is 0 Å². The molecular formula is C13H14N2O. The summed E-state index contributed by atoms with van der Waals surface area (Å²) < 4.78 is 0. The molecule has 0 fully saturated rings. The van der Waals surface area contributed by atoms with Crippen LogP contribution in [0.5, 0.6) is 0 Å². The Balaban J connectivity index is 2.53. The minimum atomic E-state index is 0.0455. The van der Waals surface area contributed by atoms with Gasteiger partial charge in [0.05, 0.1) is 6.61 Å². The molecule has 0 atom stereocenters. The summed E-state index contributed by atoms with van der Waals surface area (Å²) in [4.78, 5) is 8.48. The van der Waals surface area contributed by atoms with Crippen LogP contribution in [-0.4, -0.2) is 15.1 Å². The molecule has 0 saturated heterocycles. The lowest BCUT2D eigenvalue weighted by atomic mass is 10.0. The molecule has 1 aromatic carbocycles. The van der Waals surface area contributed by atoms with E-state index < -0.39 is 0 Å². The summed E-state index contributed by atoms with van der Waals surface area (Å²) in [6, 6.07) is 7.71. The molecule has 1 aromatic heterocycles. The Morgan fingerprint density at radius 1 is 1.19 bits per heavy atom. The van der Waals surface area contributed by atoms with Crippen LogP contribution < -0.4 is 0 Å². The van der Waals surface area contributed by atoms with E-state index in [0.29, 0.717) is 0 Å². The molecule has 2 rings (SSSR count). The van der Waals surface area contributed by atoms with Crippen LogP contribution in [0.15, 0.2) is 36.7 Å². The zero-order valence-electron chi connectivity index (χ0n) is 9.22. The predicted molar refractivity (Wildman–Crippen MR) is 62.8 cm³/mol. The maximum Gasteiger partial charge on any atom is 0.159 e. The summed E-state index contributed by atoms with van der Waals surface area (Å²) in [5.74, 6) is 0.717.